The number of rotatable bonds is 2. The Hall–Kier alpha value is -0.501. The number of carbonyl (C=O) groups excluding carboxylic acids is 1. The molecule has 0 N–H and O–H groups in total. The molecule has 1 aromatic carbocycles. The molecule has 3 aromatic rings. The third kappa shape index (κ3) is 2.09. The van der Waals surface area contributed by atoms with Gasteiger partial charge in [0.2, 0.25) is 0 Å². The second-order valence-electron chi connectivity index (χ2n) is 3.77. The summed E-state index contributed by atoms with van der Waals surface area (Å²) in [5.74, 6) is -0.161. The average molecular weight is 391 g/mol. The van der Waals surface area contributed by atoms with Crippen LogP contribution in [0.2, 0.25) is 5.02 Å². The van der Waals surface area contributed by atoms with E-state index in [2.05, 4.69) is 6.07 Å². The van der Waals surface area contributed by atoms with Crippen LogP contribution in [0.25, 0.3) is 18.2 Å². The van der Waals surface area contributed by atoms with Gasteiger partial charge in [-0.1, -0.05) is 0 Å². The molecule has 5 heteroatoms. The van der Waals surface area contributed by atoms with Gasteiger partial charge in [0.1, 0.15) is 0 Å². The molecule has 92 valence electrons. The van der Waals surface area contributed by atoms with E-state index in [-0.39, 0.29) is 20.5 Å². The zero-order valence-corrected chi connectivity index (χ0v) is 13.7. The van der Waals surface area contributed by atoms with E-state index in [9.17, 15) is 4.79 Å². The molecule has 18 heavy (non-hydrogen) atoms. The molecular formula is C13H9ClO2Se2. The molecule has 0 unspecified atom stereocenters. The van der Waals surface area contributed by atoms with Crippen molar-refractivity contribution in [2.45, 2.75) is 6.92 Å². The average Bonchev–Trinajstić information content (AvgIpc) is 2.87. The maximum atomic E-state index is 11.7. The summed E-state index contributed by atoms with van der Waals surface area (Å²) in [5, 5.41) is 2.01. The Morgan fingerprint density at radius 3 is 2.89 bits per heavy atom. The van der Waals surface area contributed by atoms with Crippen LogP contribution in [0.5, 0.6) is 0 Å². The van der Waals surface area contributed by atoms with Gasteiger partial charge in [0.15, 0.2) is 0 Å². The molecule has 0 saturated heterocycles. The molecule has 2 heterocycles. The van der Waals surface area contributed by atoms with E-state index >= 15 is 0 Å². The number of halogens is 1. The Morgan fingerprint density at radius 2 is 2.11 bits per heavy atom. The van der Waals surface area contributed by atoms with Gasteiger partial charge in [-0.3, -0.25) is 0 Å². The molecule has 0 fully saturated rings. The molecule has 0 bridgehead atoms. The van der Waals surface area contributed by atoms with Gasteiger partial charge in [-0.15, -0.1) is 0 Å². The van der Waals surface area contributed by atoms with E-state index in [4.69, 9.17) is 16.3 Å². The van der Waals surface area contributed by atoms with Crippen LogP contribution in [0.1, 0.15) is 16.2 Å². The number of ether oxygens (including phenoxy) is 1. The van der Waals surface area contributed by atoms with E-state index in [1.165, 1.54) is 18.2 Å². The number of benzene rings is 1. The van der Waals surface area contributed by atoms with Gasteiger partial charge in [-0.2, -0.15) is 0 Å². The molecule has 0 aliphatic rings. The second-order valence-corrected chi connectivity index (χ2v) is 8.68. The summed E-state index contributed by atoms with van der Waals surface area (Å²) < 4.78 is 9.92. The molecule has 0 saturated carbocycles. The van der Waals surface area contributed by atoms with Gasteiger partial charge < -0.3 is 0 Å². The molecule has 0 aliphatic heterocycles. The van der Waals surface area contributed by atoms with Crippen LogP contribution in [0.15, 0.2) is 24.3 Å². The summed E-state index contributed by atoms with van der Waals surface area (Å²) in [7, 11) is 0. The van der Waals surface area contributed by atoms with Crippen molar-refractivity contribution >= 4 is 64.7 Å². The predicted octanol–water partition coefficient (Wildman–Crippen LogP) is 2.94. The topological polar surface area (TPSA) is 26.3 Å². The SMILES string of the molecule is CCOC(=O)c1cc2[se]c3ccc(Cl)cc3c2[se]1. The third-order valence-electron chi connectivity index (χ3n) is 2.58. The van der Waals surface area contributed by atoms with E-state index in [0.717, 1.165) is 9.46 Å². The zero-order valence-electron chi connectivity index (χ0n) is 9.53. The van der Waals surface area contributed by atoms with Gasteiger partial charge in [0, 0.05) is 0 Å². The Labute approximate surface area is 121 Å². The summed E-state index contributed by atoms with van der Waals surface area (Å²) in [6, 6.07) is 8.09. The van der Waals surface area contributed by atoms with Crippen molar-refractivity contribution in [2.75, 3.05) is 6.61 Å². The van der Waals surface area contributed by atoms with Crippen molar-refractivity contribution in [1.82, 2.24) is 0 Å². The van der Waals surface area contributed by atoms with E-state index in [0.29, 0.717) is 21.1 Å². The van der Waals surface area contributed by atoms with Crippen LogP contribution in [-0.4, -0.2) is 41.6 Å². The first-order valence-electron chi connectivity index (χ1n) is 5.47. The van der Waals surface area contributed by atoms with Crippen LogP contribution < -0.4 is 0 Å². The second kappa shape index (κ2) is 4.88. The van der Waals surface area contributed by atoms with Crippen LogP contribution in [0, 0.1) is 0 Å². The predicted molar refractivity (Wildman–Crippen MR) is 76.3 cm³/mol. The van der Waals surface area contributed by atoms with E-state index in [1.807, 2.05) is 25.1 Å². The summed E-state index contributed by atoms with van der Waals surface area (Å²) in [5.41, 5.74) is 0. The Morgan fingerprint density at radius 1 is 1.28 bits per heavy atom. The first-order valence-corrected chi connectivity index (χ1v) is 9.28. The van der Waals surface area contributed by atoms with Crippen LogP contribution in [0.3, 0.4) is 0 Å². The van der Waals surface area contributed by atoms with Gasteiger partial charge >= 0.3 is 122 Å². The van der Waals surface area contributed by atoms with Gasteiger partial charge in [0.25, 0.3) is 0 Å². The first-order chi connectivity index (χ1) is 8.69. The van der Waals surface area contributed by atoms with Crippen molar-refractivity contribution in [3.8, 4) is 0 Å². The molecule has 2 aromatic heterocycles. The fourth-order valence-electron chi connectivity index (χ4n) is 1.83. The van der Waals surface area contributed by atoms with Crippen molar-refractivity contribution < 1.29 is 9.53 Å². The third-order valence-corrected chi connectivity index (χ3v) is 8.23. The molecule has 0 spiro atoms. The fourth-order valence-corrected chi connectivity index (χ4v) is 7.81. The fraction of sp³-hybridized carbons (Fsp3) is 0.154. The van der Waals surface area contributed by atoms with Gasteiger partial charge in [0.05, 0.1) is 0 Å². The Balaban J connectivity index is 2.18. The summed E-state index contributed by atoms with van der Waals surface area (Å²) >= 11 is 6.42. The normalized spacial score (nSPS) is 11.2. The van der Waals surface area contributed by atoms with Crippen LogP contribution >= 0.6 is 11.6 Å². The van der Waals surface area contributed by atoms with Crippen molar-refractivity contribution in [3.63, 3.8) is 0 Å². The minimum atomic E-state index is -0.161. The quantitative estimate of drug-likeness (QED) is 0.497. The van der Waals surface area contributed by atoms with Crippen molar-refractivity contribution in [3.05, 3.63) is 33.7 Å². The van der Waals surface area contributed by atoms with Crippen molar-refractivity contribution in [2.24, 2.45) is 0 Å². The van der Waals surface area contributed by atoms with Crippen molar-refractivity contribution in [1.29, 1.82) is 0 Å². The van der Waals surface area contributed by atoms with Crippen LogP contribution in [-0.2, 0) is 4.74 Å². The number of hydrogen-bond acceptors (Lipinski definition) is 2. The number of hydrogen-bond donors (Lipinski definition) is 0. The maximum absolute atomic E-state index is 11.7. The number of esters is 1. The number of carbonyl (C=O) groups is 1. The molecule has 0 amide bonds. The van der Waals surface area contributed by atoms with E-state index < -0.39 is 0 Å². The molecule has 0 radical (unpaired) electrons. The van der Waals surface area contributed by atoms with Crippen LogP contribution in [0.4, 0.5) is 0 Å². The minimum absolute atomic E-state index is 0.0687. The molecular weight excluding hydrogens is 382 g/mol. The van der Waals surface area contributed by atoms with E-state index in [1.54, 1.807) is 0 Å². The molecule has 0 atom stereocenters. The first kappa shape index (κ1) is 12.5. The molecule has 3 rings (SSSR count). The molecule has 0 aliphatic carbocycles. The van der Waals surface area contributed by atoms with Gasteiger partial charge in [-0.05, 0) is 0 Å². The Kier molecular flexibility index (Phi) is 3.40. The summed E-state index contributed by atoms with van der Waals surface area (Å²) in [4.78, 5) is 11.7. The standard InChI is InChI=1S/C13H9ClO2Se2/c1-2-16-13(15)11-6-10-12(18-11)8-5-7(14)3-4-9(8)17-10/h3-6H,2H2,1H3. The zero-order chi connectivity index (χ0) is 12.7. The monoisotopic (exact) mass is 392 g/mol. The summed E-state index contributed by atoms with van der Waals surface area (Å²) in [6.45, 7) is 2.27. The Bertz CT molecular complexity index is 742. The van der Waals surface area contributed by atoms with Gasteiger partial charge in [-0.25, -0.2) is 0 Å². The number of fused-ring (bicyclic) bond motifs is 3. The summed E-state index contributed by atoms with van der Waals surface area (Å²) in [6.07, 6.45) is 0. The molecule has 2 nitrogen and oxygen atoms in total.